The van der Waals surface area contributed by atoms with E-state index < -0.39 is 0 Å². The van der Waals surface area contributed by atoms with Crippen LogP contribution in [0.2, 0.25) is 0 Å². The highest BCUT2D eigenvalue weighted by Crippen LogP contribution is 2.12. The summed E-state index contributed by atoms with van der Waals surface area (Å²) in [4.78, 5) is 23.7. The number of nitrogen functional groups attached to an aromatic ring is 1. The number of allylic oxidation sites excluding steroid dienone is 3. The largest absolute Gasteiger partial charge is 0.461 e. The van der Waals surface area contributed by atoms with Gasteiger partial charge in [0, 0.05) is 18.5 Å². The lowest BCUT2D eigenvalue weighted by atomic mass is 10.0. The van der Waals surface area contributed by atoms with Crippen molar-refractivity contribution in [3.8, 4) is 0 Å². The van der Waals surface area contributed by atoms with Crippen LogP contribution < -0.4 is 11.1 Å². The standard InChI is InChI=1S/C23H31N3O3/c24-23(25)20-13-11-18(12-14-20)7-5-6-10-21(27)26-16-15-22(28)29-17-19-8-3-1-2-4-9-19/h1,3,9,11-14H,2,4-8,10,15-17H2,(H3,24,25)(H,26,27). The predicted octanol–water partition coefficient (Wildman–Crippen LogP) is 3.40. The fourth-order valence-corrected chi connectivity index (χ4v) is 3.04. The zero-order valence-corrected chi connectivity index (χ0v) is 16.9. The number of unbranched alkanes of at least 4 members (excludes halogenated alkanes) is 1. The molecule has 4 N–H and O–H groups in total. The molecule has 2 rings (SSSR count). The fraction of sp³-hybridized carbons (Fsp3) is 0.435. The SMILES string of the molecule is N=C(N)c1ccc(CCCCC(=O)NCCC(=O)OCC2=CCCC=CC2)cc1. The topological polar surface area (TPSA) is 105 Å². The lowest BCUT2D eigenvalue weighted by molar-refractivity contribution is -0.142. The quantitative estimate of drug-likeness (QED) is 0.175. The minimum absolute atomic E-state index is 0.0404. The van der Waals surface area contributed by atoms with Crippen molar-refractivity contribution in [1.29, 1.82) is 5.41 Å². The molecule has 6 heteroatoms. The number of aryl methyl sites for hydroxylation is 1. The summed E-state index contributed by atoms with van der Waals surface area (Å²) >= 11 is 0. The van der Waals surface area contributed by atoms with Crippen LogP contribution in [0.3, 0.4) is 0 Å². The van der Waals surface area contributed by atoms with Crippen molar-refractivity contribution in [2.24, 2.45) is 5.73 Å². The van der Waals surface area contributed by atoms with Crippen LogP contribution in [0.5, 0.6) is 0 Å². The molecule has 6 nitrogen and oxygen atoms in total. The average molecular weight is 398 g/mol. The van der Waals surface area contributed by atoms with Crippen LogP contribution in [-0.2, 0) is 20.7 Å². The van der Waals surface area contributed by atoms with Crippen LogP contribution in [0.4, 0.5) is 0 Å². The molecule has 0 bridgehead atoms. The Balaban J connectivity index is 1.52. The van der Waals surface area contributed by atoms with Gasteiger partial charge in [-0.2, -0.15) is 0 Å². The van der Waals surface area contributed by atoms with Gasteiger partial charge in [0.15, 0.2) is 0 Å². The van der Waals surface area contributed by atoms with E-state index >= 15 is 0 Å². The van der Waals surface area contributed by atoms with Gasteiger partial charge in [-0.05, 0) is 49.7 Å². The Morgan fingerprint density at radius 3 is 2.62 bits per heavy atom. The van der Waals surface area contributed by atoms with E-state index in [0.29, 0.717) is 19.6 Å². The van der Waals surface area contributed by atoms with Crippen LogP contribution in [0.1, 0.15) is 56.1 Å². The zero-order chi connectivity index (χ0) is 20.9. The van der Waals surface area contributed by atoms with Gasteiger partial charge in [0.05, 0.1) is 6.42 Å². The Bertz CT molecular complexity index is 751. The third-order valence-corrected chi connectivity index (χ3v) is 4.77. The van der Waals surface area contributed by atoms with Crippen LogP contribution >= 0.6 is 0 Å². The van der Waals surface area contributed by atoms with Gasteiger partial charge >= 0.3 is 5.97 Å². The molecule has 1 aliphatic rings. The average Bonchev–Trinajstić information content (AvgIpc) is 2.99. The third kappa shape index (κ3) is 9.23. The van der Waals surface area contributed by atoms with E-state index in [1.807, 2.05) is 24.3 Å². The number of nitrogens with two attached hydrogens (primary N) is 1. The van der Waals surface area contributed by atoms with Gasteiger partial charge in [-0.3, -0.25) is 15.0 Å². The Labute approximate surface area is 172 Å². The second-order valence-corrected chi connectivity index (χ2v) is 7.19. The third-order valence-electron chi connectivity index (χ3n) is 4.77. The zero-order valence-electron chi connectivity index (χ0n) is 16.9. The summed E-state index contributed by atoms with van der Waals surface area (Å²) in [6, 6.07) is 7.60. The predicted molar refractivity (Wildman–Crippen MR) is 115 cm³/mol. The molecule has 1 aliphatic carbocycles. The molecule has 0 aliphatic heterocycles. The van der Waals surface area contributed by atoms with Crippen molar-refractivity contribution < 1.29 is 14.3 Å². The fourth-order valence-electron chi connectivity index (χ4n) is 3.04. The number of amides is 1. The smallest absolute Gasteiger partial charge is 0.307 e. The molecule has 0 radical (unpaired) electrons. The number of ether oxygens (including phenoxy) is 1. The Morgan fingerprint density at radius 2 is 1.86 bits per heavy atom. The minimum atomic E-state index is -0.284. The first-order chi connectivity index (χ1) is 14.0. The molecule has 0 atom stereocenters. The highest BCUT2D eigenvalue weighted by Gasteiger charge is 2.07. The highest BCUT2D eigenvalue weighted by atomic mass is 16.5. The van der Waals surface area contributed by atoms with Gasteiger partial charge in [-0.15, -0.1) is 0 Å². The van der Waals surface area contributed by atoms with Crippen molar-refractivity contribution in [2.75, 3.05) is 13.2 Å². The molecular formula is C23H31N3O3. The van der Waals surface area contributed by atoms with Crippen LogP contribution in [-0.4, -0.2) is 30.9 Å². The Hall–Kier alpha value is -2.89. The molecule has 0 aromatic heterocycles. The van der Waals surface area contributed by atoms with Crippen molar-refractivity contribution in [3.63, 3.8) is 0 Å². The van der Waals surface area contributed by atoms with Gasteiger partial charge in [0.1, 0.15) is 12.4 Å². The van der Waals surface area contributed by atoms with Gasteiger partial charge in [-0.25, -0.2) is 0 Å². The lowest BCUT2D eigenvalue weighted by Crippen LogP contribution is -2.26. The van der Waals surface area contributed by atoms with E-state index in [-0.39, 0.29) is 24.1 Å². The first-order valence-electron chi connectivity index (χ1n) is 10.2. The number of rotatable bonds is 11. The van der Waals surface area contributed by atoms with Crippen molar-refractivity contribution in [2.45, 2.75) is 51.4 Å². The van der Waals surface area contributed by atoms with E-state index in [0.717, 1.165) is 55.2 Å². The van der Waals surface area contributed by atoms with E-state index in [1.54, 1.807) is 0 Å². The molecular weight excluding hydrogens is 366 g/mol. The Morgan fingerprint density at radius 1 is 1.07 bits per heavy atom. The first kappa shape index (κ1) is 22.4. The second kappa shape index (κ2) is 12.5. The summed E-state index contributed by atoms with van der Waals surface area (Å²) in [7, 11) is 0. The molecule has 0 heterocycles. The number of hydrogen-bond acceptors (Lipinski definition) is 4. The summed E-state index contributed by atoms with van der Waals surface area (Å²) in [5.41, 5.74) is 8.45. The Kier molecular flexibility index (Phi) is 9.69. The molecule has 0 saturated carbocycles. The number of benzene rings is 1. The van der Waals surface area contributed by atoms with E-state index in [4.69, 9.17) is 15.9 Å². The maximum atomic E-state index is 11.9. The monoisotopic (exact) mass is 397 g/mol. The molecule has 0 spiro atoms. The van der Waals surface area contributed by atoms with Gasteiger partial charge in [0.25, 0.3) is 0 Å². The lowest BCUT2D eigenvalue weighted by Gasteiger charge is -2.08. The number of amidine groups is 1. The van der Waals surface area contributed by atoms with Crippen LogP contribution in [0.25, 0.3) is 0 Å². The minimum Gasteiger partial charge on any atom is -0.461 e. The molecule has 156 valence electrons. The summed E-state index contributed by atoms with van der Waals surface area (Å²) < 4.78 is 5.28. The summed E-state index contributed by atoms with van der Waals surface area (Å²) in [5, 5.41) is 10.2. The molecule has 0 fully saturated rings. The summed E-state index contributed by atoms with van der Waals surface area (Å²) in [5.74, 6) is -0.259. The molecule has 0 unspecified atom stereocenters. The molecule has 1 aromatic rings. The van der Waals surface area contributed by atoms with E-state index in [1.165, 1.54) is 0 Å². The number of carbonyl (C=O) groups is 2. The number of nitrogens with one attached hydrogen (secondary N) is 2. The van der Waals surface area contributed by atoms with E-state index in [2.05, 4.69) is 23.5 Å². The van der Waals surface area contributed by atoms with E-state index in [9.17, 15) is 9.59 Å². The molecule has 29 heavy (non-hydrogen) atoms. The number of carbonyl (C=O) groups excluding carboxylic acids is 2. The summed E-state index contributed by atoms with van der Waals surface area (Å²) in [6.45, 7) is 0.646. The second-order valence-electron chi connectivity index (χ2n) is 7.19. The van der Waals surface area contributed by atoms with Gasteiger partial charge < -0.3 is 15.8 Å². The van der Waals surface area contributed by atoms with Gasteiger partial charge in [0.2, 0.25) is 5.91 Å². The van der Waals surface area contributed by atoms with Gasteiger partial charge in [-0.1, -0.05) is 42.5 Å². The normalized spacial score (nSPS) is 13.3. The molecule has 0 saturated heterocycles. The molecule has 1 aromatic carbocycles. The maximum absolute atomic E-state index is 11.9. The molecule has 1 amide bonds. The maximum Gasteiger partial charge on any atom is 0.307 e. The van der Waals surface area contributed by atoms with Crippen LogP contribution in [0.15, 0.2) is 48.1 Å². The van der Waals surface area contributed by atoms with Crippen molar-refractivity contribution in [3.05, 3.63) is 59.2 Å². The van der Waals surface area contributed by atoms with Crippen LogP contribution in [0, 0.1) is 5.41 Å². The number of esters is 1. The van der Waals surface area contributed by atoms with Crippen molar-refractivity contribution >= 4 is 17.7 Å². The summed E-state index contributed by atoms with van der Waals surface area (Å²) in [6.07, 6.45) is 12.4. The first-order valence-corrected chi connectivity index (χ1v) is 10.2. The highest BCUT2D eigenvalue weighted by molar-refractivity contribution is 5.94. The number of hydrogen-bond donors (Lipinski definition) is 3. The van der Waals surface area contributed by atoms with Crippen molar-refractivity contribution in [1.82, 2.24) is 5.32 Å².